The number of ether oxygens (including phenoxy) is 5. The lowest BCUT2D eigenvalue weighted by atomic mass is 10.2. The molecule has 0 unspecified atom stereocenters. The topological polar surface area (TPSA) is 80.3 Å². The van der Waals surface area contributed by atoms with E-state index in [0.717, 1.165) is 5.56 Å². The molecule has 0 N–H and O–H groups in total. The molecule has 0 saturated heterocycles. The Labute approximate surface area is 170 Å². The summed E-state index contributed by atoms with van der Waals surface area (Å²) in [5.74, 6) is 1.41. The highest BCUT2D eigenvalue weighted by molar-refractivity contribution is 14.1. The molecule has 2 aromatic rings. The van der Waals surface area contributed by atoms with Crippen molar-refractivity contribution in [3.8, 4) is 23.0 Å². The van der Waals surface area contributed by atoms with Crippen LogP contribution in [-0.4, -0.2) is 37.7 Å². The van der Waals surface area contributed by atoms with Gasteiger partial charge in [-0.15, -0.1) is 0 Å². The fourth-order valence-electron chi connectivity index (χ4n) is 2.18. The summed E-state index contributed by atoms with van der Waals surface area (Å²) in [5.41, 5.74) is 1.30. The van der Waals surface area contributed by atoms with Gasteiger partial charge >= 0.3 is 5.97 Å². The van der Waals surface area contributed by atoms with Crippen molar-refractivity contribution in [2.45, 2.75) is 6.61 Å². The van der Waals surface area contributed by atoms with E-state index in [0.29, 0.717) is 28.6 Å². The lowest BCUT2D eigenvalue weighted by Crippen LogP contribution is -2.12. The molecule has 0 aromatic heterocycles. The lowest BCUT2D eigenvalue weighted by molar-refractivity contribution is -0.142. The van der Waals surface area contributed by atoms with Crippen molar-refractivity contribution in [1.29, 1.82) is 0 Å². The van der Waals surface area contributed by atoms with Crippen LogP contribution >= 0.6 is 22.6 Å². The van der Waals surface area contributed by atoms with Crippen LogP contribution in [0.2, 0.25) is 0 Å². The van der Waals surface area contributed by atoms with Crippen LogP contribution in [0.25, 0.3) is 0 Å². The molecule has 7 nitrogen and oxygen atoms in total. The molecule has 144 valence electrons. The van der Waals surface area contributed by atoms with Crippen molar-refractivity contribution < 1.29 is 33.3 Å². The molecule has 0 spiro atoms. The first-order chi connectivity index (χ1) is 13.0. The summed E-state index contributed by atoms with van der Waals surface area (Å²) < 4.78 is 26.0. The second-order valence-electron chi connectivity index (χ2n) is 5.27. The van der Waals surface area contributed by atoms with E-state index in [1.54, 1.807) is 46.9 Å². The maximum Gasteiger partial charge on any atom is 0.343 e. The highest BCUT2D eigenvalue weighted by Gasteiger charge is 2.16. The van der Waals surface area contributed by atoms with Crippen LogP contribution in [0, 0.1) is 0 Å². The quantitative estimate of drug-likeness (QED) is 0.305. The van der Waals surface area contributed by atoms with Crippen LogP contribution in [0.1, 0.15) is 15.9 Å². The van der Waals surface area contributed by atoms with Crippen molar-refractivity contribution in [3.63, 3.8) is 0 Å². The van der Waals surface area contributed by atoms with E-state index in [2.05, 4.69) is 4.74 Å². The molecule has 2 rings (SSSR count). The molecule has 0 atom stereocenters. The summed E-state index contributed by atoms with van der Waals surface area (Å²) in [6.45, 7) is 0.125. The Kier molecular flexibility index (Phi) is 7.71. The highest BCUT2D eigenvalue weighted by atomic mass is 127. The SMILES string of the molecule is COC(=O)COc1ccc(COc2cc(OC)c(C(=O)I)cc2OC)cc1. The first-order valence-electron chi connectivity index (χ1n) is 7.85. The van der Waals surface area contributed by atoms with E-state index in [9.17, 15) is 9.59 Å². The summed E-state index contributed by atoms with van der Waals surface area (Å²) in [7, 11) is 4.29. The van der Waals surface area contributed by atoms with Crippen molar-refractivity contribution in [1.82, 2.24) is 0 Å². The zero-order valence-electron chi connectivity index (χ0n) is 15.1. The number of esters is 1. The molecular weight excluding hydrogens is 467 g/mol. The predicted molar refractivity (Wildman–Crippen MR) is 106 cm³/mol. The van der Waals surface area contributed by atoms with Gasteiger partial charge in [0, 0.05) is 28.7 Å². The van der Waals surface area contributed by atoms with E-state index in [-0.39, 0.29) is 17.0 Å². The van der Waals surface area contributed by atoms with Gasteiger partial charge in [-0.1, -0.05) is 12.1 Å². The zero-order valence-corrected chi connectivity index (χ0v) is 17.3. The average molecular weight is 486 g/mol. The van der Waals surface area contributed by atoms with E-state index >= 15 is 0 Å². The van der Waals surface area contributed by atoms with Gasteiger partial charge in [0.25, 0.3) is 0 Å². The Bertz CT molecular complexity index is 802. The summed E-state index contributed by atoms with van der Waals surface area (Å²) in [5, 5.41) is 0. The van der Waals surface area contributed by atoms with Crippen LogP contribution in [0.15, 0.2) is 36.4 Å². The van der Waals surface area contributed by atoms with Crippen molar-refractivity contribution in [2.75, 3.05) is 27.9 Å². The number of halogens is 1. The molecular formula is C19H19IO7. The number of carbonyl (C=O) groups excluding carboxylic acids is 2. The molecule has 0 fully saturated rings. The molecule has 27 heavy (non-hydrogen) atoms. The molecule has 0 aliphatic heterocycles. The van der Waals surface area contributed by atoms with E-state index in [1.807, 2.05) is 12.1 Å². The molecule has 0 aliphatic carbocycles. The maximum absolute atomic E-state index is 11.7. The largest absolute Gasteiger partial charge is 0.496 e. The van der Waals surface area contributed by atoms with Gasteiger partial charge in [-0.05, 0) is 23.8 Å². The van der Waals surface area contributed by atoms with Gasteiger partial charge in [-0.2, -0.15) is 0 Å². The Balaban J connectivity index is 2.07. The normalized spacial score (nSPS) is 10.1. The van der Waals surface area contributed by atoms with Crippen LogP contribution in [-0.2, 0) is 16.1 Å². The molecule has 0 aliphatic rings. The monoisotopic (exact) mass is 486 g/mol. The molecule has 0 bridgehead atoms. The standard InChI is InChI=1S/C19H19IO7/c1-23-15-9-17(16(24-2)8-14(15)19(20)22)27-10-12-4-6-13(7-5-12)26-11-18(21)25-3/h4-9H,10-11H2,1-3H3. The maximum atomic E-state index is 11.7. The van der Waals surface area contributed by atoms with Gasteiger partial charge in [-0.3, -0.25) is 4.79 Å². The van der Waals surface area contributed by atoms with Crippen molar-refractivity contribution in [3.05, 3.63) is 47.5 Å². The van der Waals surface area contributed by atoms with Gasteiger partial charge in [0.05, 0.1) is 26.9 Å². The van der Waals surface area contributed by atoms with Crippen LogP contribution < -0.4 is 18.9 Å². The number of rotatable bonds is 9. The molecule has 8 heteroatoms. The van der Waals surface area contributed by atoms with Crippen molar-refractivity contribution in [2.24, 2.45) is 0 Å². The number of methoxy groups -OCH3 is 3. The van der Waals surface area contributed by atoms with E-state index in [1.165, 1.54) is 21.3 Å². The predicted octanol–water partition coefficient (Wildman–Crippen LogP) is 3.41. The highest BCUT2D eigenvalue weighted by Crippen LogP contribution is 2.36. The van der Waals surface area contributed by atoms with Gasteiger partial charge in [0.1, 0.15) is 18.1 Å². The number of carbonyl (C=O) groups is 2. The molecule has 0 radical (unpaired) electrons. The smallest absolute Gasteiger partial charge is 0.343 e. The minimum atomic E-state index is -0.447. The molecule has 0 saturated carbocycles. The summed E-state index contributed by atoms with van der Waals surface area (Å²) in [6.07, 6.45) is 0. The number of hydrogen-bond acceptors (Lipinski definition) is 7. The van der Waals surface area contributed by atoms with Gasteiger partial charge in [-0.25, -0.2) is 4.79 Å². The third-order valence-corrected chi connectivity index (χ3v) is 4.18. The van der Waals surface area contributed by atoms with E-state index < -0.39 is 5.97 Å². The summed E-state index contributed by atoms with van der Waals surface area (Å²) in [4.78, 5) is 22.8. The number of benzene rings is 2. The van der Waals surface area contributed by atoms with Crippen molar-refractivity contribution >= 4 is 32.4 Å². The first-order valence-corrected chi connectivity index (χ1v) is 8.93. The third-order valence-electron chi connectivity index (χ3n) is 3.60. The van der Waals surface area contributed by atoms with Gasteiger partial charge in [0.2, 0.25) is 3.79 Å². The molecule has 2 aromatic carbocycles. The van der Waals surface area contributed by atoms with Crippen LogP contribution in [0.5, 0.6) is 23.0 Å². The Morgan fingerprint density at radius 2 is 1.56 bits per heavy atom. The van der Waals surface area contributed by atoms with Crippen LogP contribution in [0.4, 0.5) is 0 Å². The average Bonchev–Trinajstić information content (AvgIpc) is 2.70. The number of hydrogen-bond donors (Lipinski definition) is 0. The summed E-state index contributed by atoms with van der Waals surface area (Å²) >= 11 is 1.69. The molecule has 0 heterocycles. The summed E-state index contributed by atoms with van der Waals surface area (Å²) in [6, 6.07) is 10.3. The molecule has 0 amide bonds. The second-order valence-corrected chi connectivity index (χ2v) is 6.25. The Hall–Kier alpha value is -2.49. The fourth-order valence-corrected chi connectivity index (χ4v) is 2.60. The lowest BCUT2D eigenvalue weighted by Gasteiger charge is -2.14. The first kappa shape index (κ1) is 20.8. The Morgan fingerprint density at radius 3 is 2.11 bits per heavy atom. The van der Waals surface area contributed by atoms with E-state index in [4.69, 9.17) is 18.9 Å². The minimum Gasteiger partial charge on any atom is -0.496 e. The van der Waals surface area contributed by atoms with Gasteiger partial charge < -0.3 is 23.7 Å². The minimum absolute atomic E-state index is 0.148. The third kappa shape index (κ3) is 5.75. The van der Waals surface area contributed by atoms with Gasteiger partial charge in [0.15, 0.2) is 18.1 Å². The zero-order chi connectivity index (χ0) is 19.8. The second kappa shape index (κ2) is 10.0. The fraction of sp³-hybridized carbons (Fsp3) is 0.263. The Morgan fingerprint density at radius 1 is 0.889 bits per heavy atom. The van der Waals surface area contributed by atoms with Crippen LogP contribution in [0.3, 0.4) is 0 Å².